The average Bonchev–Trinajstić information content (AvgIpc) is 3.32. The van der Waals surface area contributed by atoms with Crippen LogP contribution in [-0.2, 0) is 11.3 Å². The number of rotatable bonds is 5. The molecular weight excluding hydrogens is 360 g/mol. The van der Waals surface area contributed by atoms with E-state index in [4.69, 9.17) is 0 Å². The van der Waals surface area contributed by atoms with Crippen LogP contribution >= 0.6 is 0 Å². The van der Waals surface area contributed by atoms with Gasteiger partial charge in [0, 0.05) is 30.9 Å². The van der Waals surface area contributed by atoms with Crippen molar-refractivity contribution in [1.29, 1.82) is 0 Å². The molecule has 2 aliphatic rings. The molecule has 1 amide bonds. The van der Waals surface area contributed by atoms with Crippen LogP contribution in [0.1, 0.15) is 70.4 Å². The van der Waals surface area contributed by atoms with E-state index in [9.17, 15) is 4.79 Å². The number of benzene rings is 1. The van der Waals surface area contributed by atoms with Crippen LogP contribution in [0.5, 0.6) is 0 Å². The maximum absolute atomic E-state index is 13.4. The van der Waals surface area contributed by atoms with Crippen molar-refractivity contribution in [2.45, 2.75) is 77.4 Å². The van der Waals surface area contributed by atoms with Crippen LogP contribution in [-0.4, -0.2) is 50.2 Å². The lowest BCUT2D eigenvalue weighted by molar-refractivity contribution is -0.149. The van der Waals surface area contributed by atoms with Crippen molar-refractivity contribution in [2.24, 2.45) is 0 Å². The van der Waals surface area contributed by atoms with Gasteiger partial charge in [-0.15, -0.1) is 0 Å². The van der Waals surface area contributed by atoms with E-state index in [-0.39, 0.29) is 11.6 Å². The summed E-state index contributed by atoms with van der Waals surface area (Å²) < 4.78 is 1.95. The molecule has 2 fully saturated rings. The number of aromatic nitrogens is 2. The highest BCUT2D eigenvalue weighted by Gasteiger charge is 2.51. The zero-order chi connectivity index (χ0) is 20.6. The molecule has 0 saturated carbocycles. The van der Waals surface area contributed by atoms with Crippen molar-refractivity contribution >= 4 is 5.91 Å². The Balaban J connectivity index is 1.51. The van der Waals surface area contributed by atoms with Gasteiger partial charge in [-0.05, 0) is 69.7 Å². The first-order valence-corrected chi connectivity index (χ1v) is 11.1. The predicted octanol–water partition coefficient (Wildman–Crippen LogP) is 4.36. The Labute approximate surface area is 174 Å². The van der Waals surface area contributed by atoms with Gasteiger partial charge in [-0.25, -0.2) is 4.68 Å². The number of carbonyl (C=O) groups excluding carboxylic acids is 1. The lowest BCUT2D eigenvalue weighted by Crippen LogP contribution is -2.61. The standard InChI is InChI=1S/C24H34N4O/c1-18(2)21-7-9-22(10-8-21)28-17-20(15-25-28)16-26-13-5-11-24(26)12-6-14-27(19(3)4)23(24)29/h7-10,15,17-19H,5-6,11-14,16H2,1-4H3. The number of hydrogen-bond donors (Lipinski definition) is 0. The monoisotopic (exact) mass is 394 g/mol. The normalized spacial score (nSPS) is 23.1. The minimum Gasteiger partial charge on any atom is -0.339 e. The second kappa shape index (κ2) is 7.94. The molecule has 2 saturated heterocycles. The quantitative estimate of drug-likeness (QED) is 0.757. The third-order valence-corrected chi connectivity index (χ3v) is 6.73. The minimum atomic E-state index is -0.302. The van der Waals surface area contributed by atoms with E-state index in [0.29, 0.717) is 11.8 Å². The van der Waals surface area contributed by atoms with Crippen LogP contribution in [0, 0.1) is 0 Å². The van der Waals surface area contributed by atoms with Crippen LogP contribution < -0.4 is 0 Å². The fourth-order valence-electron chi connectivity index (χ4n) is 5.02. The molecule has 1 atom stereocenters. The molecule has 2 aliphatic heterocycles. The van der Waals surface area contributed by atoms with Crippen molar-refractivity contribution in [1.82, 2.24) is 19.6 Å². The van der Waals surface area contributed by atoms with Crippen molar-refractivity contribution < 1.29 is 4.79 Å². The summed E-state index contributed by atoms with van der Waals surface area (Å²) in [5.41, 5.74) is 3.29. The van der Waals surface area contributed by atoms with E-state index in [1.807, 2.05) is 10.9 Å². The van der Waals surface area contributed by atoms with Gasteiger partial charge in [-0.3, -0.25) is 9.69 Å². The number of hydrogen-bond acceptors (Lipinski definition) is 3. The molecule has 5 heteroatoms. The molecule has 4 rings (SSSR count). The zero-order valence-corrected chi connectivity index (χ0v) is 18.3. The summed E-state index contributed by atoms with van der Waals surface area (Å²) in [6, 6.07) is 8.90. The topological polar surface area (TPSA) is 41.4 Å². The molecule has 29 heavy (non-hydrogen) atoms. The second-order valence-electron chi connectivity index (χ2n) is 9.29. The smallest absolute Gasteiger partial charge is 0.243 e. The Hall–Kier alpha value is -2.14. The van der Waals surface area contributed by atoms with E-state index >= 15 is 0 Å². The maximum atomic E-state index is 13.4. The predicted molar refractivity (Wildman–Crippen MR) is 116 cm³/mol. The molecular formula is C24H34N4O. The van der Waals surface area contributed by atoms with Crippen molar-refractivity contribution in [3.63, 3.8) is 0 Å². The van der Waals surface area contributed by atoms with Crippen LogP contribution in [0.15, 0.2) is 36.7 Å². The summed E-state index contributed by atoms with van der Waals surface area (Å²) >= 11 is 0. The number of nitrogens with zero attached hydrogens (tertiary/aromatic N) is 4. The number of amides is 1. The molecule has 1 aromatic carbocycles. The minimum absolute atomic E-state index is 0.277. The SMILES string of the molecule is CC(C)c1ccc(-n2cc(CN3CCCC34CCCN(C(C)C)C4=O)cn2)cc1. The van der Waals surface area contributed by atoms with E-state index in [1.165, 1.54) is 11.1 Å². The summed E-state index contributed by atoms with van der Waals surface area (Å²) in [6.07, 6.45) is 8.24. The average molecular weight is 395 g/mol. The fraction of sp³-hybridized carbons (Fsp3) is 0.583. The first kappa shape index (κ1) is 20.1. The van der Waals surface area contributed by atoms with Gasteiger partial charge in [-0.1, -0.05) is 26.0 Å². The second-order valence-corrected chi connectivity index (χ2v) is 9.29. The molecule has 2 aromatic rings. The number of piperidine rings is 1. The van der Waals surface area contributed by atoms with Crippen molar-refractivity contribution in [3.05, 3.63) is 47.8 Å². The van der Waals surface area contributed by atoms with Crippen molar-refractivity contribution in [2.75, 3.05) is 13.1 Å². The van der Waals surface area contributed by atoms with E-state index in [0.717, 1.165) is 51.0 Å². The van der Waals surface area contributed by atoms with Gasteiger partial charge in [0.1, 0.15) is 5.54 Å². The molecule has 1 aromatic heterocycles. The third kappa shape index (κ3) is 3.73. The fourth-order valence-corrected chi connectivity index (χ4v) is 5.02. The first-order chi connectivity index (χ1) is 13.9. The highest BCUT2D eigenvalue weighted by molar-refractivity contribution is 5.87. The van der Waals surface area contributed by atoms with Gasteiger partial charge in [0.15, 0.2) is 0 Å². The Bertz CT molecular complexity index is 854. The van der Waals surface area contributed by atoms with Crippen LogP contribution in [0.3, 0.4) is 0 Å². The largest absolute Gasteiger partial charge is 0.339 e. The molecule has 156 valence electrons. The highest BCUT2D eigenvalue weighted by atomic mass is 16.2. The van der Waals surface area contributed by atoms with Gasteiger partial charge >= 0.3 is 0 Å². The highest BCUT2D eigenvalue weighted by Crippen LogP contribution is 2.39. The molecule has 0 aliphatic carbocycles. The Morgan fingerprint density at radius 2 is 1.72 bits per heavy atom. The number of likely N-dealkylation sites (tertiary alicyclic amines) is 2. The summed E-state index contributed by atoms with van der Waals surface area (Å²) in [6.45, 7) is 11.4. The third-order valence-electron chi connectivity index (χ3n) is 6.73. The Morgan fingerprint density at radius 1 is 1.03 bits per heavy atom. The molecule has 0 bridgehead atoms. The lowest BCUT2D eigenvalue weighted by Gasteiger charge is -2.46. The Morgan fingerprint density at radius 3 is 2.38 bits per heavy atom. The zero-order valence-electron chi connectivity index (χ0n) is 18.3. The van der Waals surface area contributed by atoms with Gasteiger partial charge in [0.05, 0.1) is 11.9 Å². The van der Waals surface area contributed by atoms with Crippen LogP contribution in [0.4, 0.5) is 0 Å². The molecule has 3 heterocycles. The molecule has 1 spiro atoms. The number of carbonyl (C=O) groups is 1. The summed E-state index contributed by atoms with van der Waals surface area (Å²) in [5.74, 6) is 0.870. The molecule has 1 unspecified atom stereocenters. The lowest BCUT2D eigenvalue weighted by atomic mass is 9.84. The molecule has 5 nitrogen and oxygen atoms in total. The van der Waals surface area contributed by atoms with E-state index < -0.39 is 0 Å². The van der Waals surface area contributed by atoms with Crippen molar-refractivity contribution in [3.8, 4) is 5.69 Å². The van der Waals surface area contributed by atoms with Gasteiger partial charge in [-0.2, -0.15) is 5.10 Å². The molecule has 0 radical (unpaired) electrons. The van der Waals surface area contributed by atoms with Gasteiger partial charge < -0.3 is 4.90 Å². The summed E-state index contributed by atoms with van der Waals surface area (Å²) in [5, 5.41) is 4.59. The first-order valence-electron chi connectivity index (χ1n) is 11.1. The Kier molecular flexibility index (Phi) is 5.52. The summed E-state index contributed by atoms with van der Waals surface area (Å²) in [4.78, 5) is 17.9. The van der Waals surface area contributed by atoms with Crippen LogP contribution in [0.2, 0.25) is 0 Å². The summed E-state index contributed by atoms with van der Waals surface area (Å²) in [7, 11) is 0. The van der Waals surface area contributed by atoms with Crippen LogP contribution in [0.25, 0.3) is 5.69 Å². The van der Waals surface area contributed by atoms with Gasteiger partial charge in [0.2, 0.25) is 5.91 Å². The van der Waals surface area contributed by atoms with E-state index in [1.54, 1.807) is 0 Å². The van der Waals surface area contributed by atoms with Gasteiger partial charge in [0.25, 0.3) is 0 Å². The maximum Gasteiger partial charge on any atom is 0.243 e. The molecule has 0 N–H and O–H groups in total. The van der Waals surface area contributed by atoms with E-state index in [2.05, 4.69) is 73.1 Å².